The smallest absolute Gasteiger partial charge is 0.267 e. The Morgan fingerprint density at radius 3 is 2.77 bits per heavy atom. The highest BCUT2D eigenvalue weighted by Crippen LogP contribution is 2.58. The minimum atomic E-state index is -0.459. The standard InChI is InChI=1S/C21H21Cl2FN6O/c1-28-7-4-11(5-8-28)20-26-27-21(31-20)18-16-17-19(30(16)18)25-6-9-29(17)10-12-13(22)2-3-14(24)15(12)23/h2-3,11,25H,4-10H2,1H3. The highest BCUT2D eigenvalue weighted by Gasteiger charge is 2.45. The molecule has 0 spiro atoms. The molecule has 0 saturated carbocycles. The molecule has 1 aromatic carbocycles. The molecule has 6 rings (SSSR count). The Hall–Kier alpha value is -2.29. The van der Waals surface area contributed by atoms with Gasteiger partial charge in [-0.3, -0.25) is 4.57 Å². The van der Waals surface area contributed by atoms with E-state index in [2.05, 4.69) is 36.9 Å². The van der Waals surface area contributed by atoms with Crippen molar-refractivity contribution in [1.29, 1.82) is 0 Å². The monoisotopic (exact) mass is 462 g/mol. The van der Waals surface area contributed by atoms with E-state index in [1.807, 2.05) is 0 Å². The van der Waals surface area contributed by atoms with E-state index in [1.165, 1.54) is 6.07 Å². The second-order valence-corrected chi connectivity index (χ2v) is 9.21. The Morgan fingerprint density at radius 1 is 1.16 bits per heavy atom. The van der Waals surface area contributed by atoms with Gasteiger partial charge in [-0.1, -0.05) is 23.2 Å². The van der Waals surface area contributed by atoms with Crippen LogP contribution in [0.25, 0.3) is 17.3 Å². The lowest BCUT2D eigenvalue weighted by atomic mass is 9.97. The molecule has 0 aliphatic carbocycles. The summed E-state index contributed by atoms with van der Waals surface area (Å²) >= 11 is 12.5. The number of aromatic nitrogens is 3. The van der Waals surface area contributed by atoms with Crippen molar-refractivity contribution in [3.05, 3.63) is 39.4 Å². The van der Waals surface area contributed by atoms with Crippen molar-refractivity contribution >= 4 is 34.7 Å². The molecule has 4 aliphatic rings. The predicted octanol–water partition coefficient (Wildman–Crippen LogP) is 4.53. The molecule has 2 aromatic rings. The summed E-state index contributed by atoms with van der Waals surface area (Å²) in [4.78, 5) is 4.49. The molecule has 1 N–H and O–H groups in total. The molecule has 0 radical (unpaired) electrons. The molecule has 1 aromatic heterocycles. The number of anilines is 2. The number of benzene rings is 1. The summed E-state index contributed by atoms with van der Waals surface area (Å²) in [6, 6.07) is 2.84. The van der Waals surface area contributed by atoms with Crippen molar-refractivity contribution < 1.29 is 8.81 Å². The normalized spacial score (nSPS) is 18.3. The molecule has 0 atom stereocenters. The third kappa shape index (κ3) is 3.03. The summed E-state index contributed by atoms with van der Waals surface area (Å²) < 4.78 is 22.1. The fourth-order valence-corrected chi connectivity index (χ4v) is 5.16. The molecule has 1 fully saturated rings. The van der Waals surface area contributed by atoms with Crippen LogP contribution >= 0.6 is 23.2 Å². The number of fused-ring (bicyclic) bond motifs is 4. The summed E-state index contributed by atoms with van der Waals surface area (Å²) in [5.74, 6) is 2.16. The summed E-state index contributed by atoms with van der Waals surface area (Å²) in [5, 5.41) is 12.6. The summed E-state index contributed by atoms with van der Waals surface area (Å²) in [6.45, 7) is 4.05. The molecule has 7 nitrogen and oxygen atoms in total. The Balaban J connectivity index is 1.27. The van der Waals surface area contributed by atoms with E-state index in [1.54, 1.807) is 6.07 Å². The third-order valence-electron chi connectivity index (χ3n) is 6.48. The highest BCUT2D eigenvalue weighted by molar-refractivity contribution is 6.36. The fraction of sp³-hybridized carbons (Fsp3) is 0.429. The van der Waals surface area contributed by atoms with Gasteiger partial charge in [-0.2, -0.15) is 0 Å². The van der Waals surface area contributed by atoms with Gasteiger partial charge in [-0.15, -0.1) is 10.2 Å². The zero-order valence-electron chi connectivity index (χ0n) is 17.0. The van der Waals surface area contributed by atoms with Crippen molar-refractivity contribution in [2.75, 3.05) is 43.4 Å². The van der Waals surface area contributed by atoms with Gasteiger partial charge in [0.2, 0.25) is 5.89 Å². The summed E-state index contributed by atoms with van der Waals surface area (Å²) in [5.41, 5.74) is 3.69. The number of likely N-dealkylation sites (tertiary alicyclic amines) is 1. The third-order valence-corrected chi connectivity index (χ3v) is 7.25. The Bertz CT molecular complexity index is 1180. The van der Waals surface area contributed by atoms with Crippen LogP contribution in [0.15, 0.2) is 16.5 Å². The first kappa shape index (κ1) is 19.4. The van der Waals surface area contributed by atoms with Crippen LogP contribution in [-0.2, 0) is 6.54 Å². The maximum atomic E-state index is 14.0. The number of hydrogen-bond donors (Lipinski definition) is 1. The first-order valence-corrected chi connectivity index (χ1v) is 11.2. The molecule has 31 heavy (non-hydrogen) atoms. The van der Waals surface area contributed by atoms with Gasteiger partial charge < -0.3 is 19.5 Å². The Morgan fingerprint density at radius 2 is 1.97 bits per heavy atom. The Kier molecular flexibility index (Phi) is 4.45. The number of nitrogens with zero attached hydrogens (tertiary/aromatic N) is 5. The van der Waals surface area contributed by atoms with Crippen molar-refractivity contribution in [2.45, 2.75) is 25.3 Å². The van der Waals surface area contributed by atoms with Crippen LogP contribution in [0.3, 0.4) is 0 Å². The average Bonchev–Trinajstić information content (AvgIpc) is 3.14. The number of hydrogen-bond acceptors (Lipinski definition) is 6. The number of halogens is 3. The summed E-state index contributed by atoms with van der Waals surface area (Å²) in [6.07, 6.45) is 2.07. The Labute approximate surface area is 188 Å². The van der Waals surface area contributed by atoms with Gasteiger partial charge in [0.1, 0.15) is 28.7 Å². The van der Waals surface area contributed by atoms with Crippen LogP contribution in [0.4, 0.5) is 15.9 Å². The second kappa shape index (κ2) is 7.12. The van der Waals surface area contributed by atoms with Crippen molar-refractivity contribution in [3.63, 3.8) is 0 Å². The van der Waals surface area contributed by atoms with Gasteiger partial charge in [0, 0.05) is 36.1 Å². The molecular weight excluding hydrogens is 442 g/mol. The van der Waals surface area contributed by atoms with Crippen LogP contribution in [0.5, 0.6) is 0 Å². The van der Waals surface area contributed by atoms with Crippen LogP contribution < -0.4 is 10.2 Å². The lowest BCUT2D eigenvalue weighted by Gasteiger charge is -2.35. The average molecular weight is 463 g/mol. The number of piperidine rings is 1. The number of rotatable bonds is 4. The van der Waals surface area contributed by atoms with Gasteiger partial charge in [0.25, 0.3) is 5.89 Å². The van der Waals surface area contributed by atoms with Crippen molar-refractivity contribution in [2.24, 2.45) is 0 Å². The zero-order chi connectivity index (χ0) is 21.3. The minimum absolute atomic E-state index is 0.0778. The molecule has 0 amide bonds. The largest absolute Gasteiger partial charge is 0.419 e. The van der Waals surface area contributed by atoms with Crippen LogP contribution in [0.2, 0.25) is 10.0 Å². The quantitative estimate of drug-likeness (QED) is 0.449. The predicted molar refractivity (Wildman–Crippen MR) is 118 cm³/mol. The van der Waals surface area contributed by atoms with Gasteiger partial charge in [0.05, 0.1) is 5.02 Å². The molecule has 1 saturated heterocycles. The van der Waals surface area contributed by atoms with Crippen molar-refractivity contribution in [3.8, 4) is 17.3 Å². The van der Waals surface area contributed by atoms with Gasteiger partial charge in [-0.25, -0.2) is 4.39 Å². The lowest BCUT2D eigenvalue weighted by molar-refractivity contribution is 0.237. The van der Waals surface area contributed by atoms with E-state index < -0.39 is 5.82 Å². The van der Waals surface area contributed by atoms with E-state index in [9.17, 15) is 4.39 Å². The SMILES string of the molecule is CN1CCC(c2nnc(-c3c4c5c(n3-4)NCCN5Cc3c(Cl)ccc(F)c3Cl)o2)CC1. The zero-order valence-corrected chi connectivity index (χ0v) is 18.5. The second-order valence-electron chi connectivity index (χ2n) is 8.42. The molecule has 4 aliphatic heterocycles. The topological polar surface area (TPSA) is 62.4 Å². The molecule has 0 bridgehead atoms. The van der Waals surface area contributed by atoms with E-state index in [0.29, 0.717) is 28.9 Å². The van der Waals surface area contributed by atoms with Crippen molar-refractivity contribution in [1.82, 2.24) is 19.7 Å². The van der Waals surface area contributed by atoms with E-state index >= 15 is 0 Å². The van der Waals surface area contributed by atoms with E-state index in [-0.39, 0.29) is 5.02 Å². The first-order chi connectivity index (χ1) is 15.0. The molecule has 10 heteroatoms. The highest BCUT2D eigenvalue weighted by atomic mass is 35.5. The number of nitrogens with one attached hydrogen (secondary N) is 1. The molecule has 0 unspecified atom stereocenters. The van der Waals surface area contributed by atoms with Crippen LogP contribution in [0, 0.1) is 5.82 Å². The van der Waals surface area contributed by atoms with E-state index in [0.717, 1.165) is 67.8 Å². The maximum absolute atomic E-state index is 14.0. The van der Waals surface area contributed by atoms with Gasteiger partial charge in [0.15, 0.2) is 0 Å². The summed E-state index contributed by atoms with van der Waals surface area (Å²) in [7, 11) is 2.14. The molecular formula is C21H21Cl2FN6O. The molecule has 5 heterocycles. The van der Waals surface area contributed by atoms with Crippen LogP contribution in [-0.4, -0.2) is 52.9 Å². The van der Waals surface area contributed by atoms with E-state index in [4.69, 9.17) is 27.6 Å². The minimum Gasteiger partial charge on any atom is -0.419 e. The molecule has 162 valence electrons. The van der Waals surface area contributed by atoms with Gasteiger partial charge in [-0.05, 0) is 45.1 Å². The van der Waals surface area contributed by atoms with Crippen LogP contribution in [0.1, 0.15) is 30.2 Å². The first-order valence-electron chi connectivity index (χ1n) is 10.5. The fourth-order valence-electron chi connectivity index (χ4n) is 4.67. The maximum Gasteiger partial charge on any atom is 0.267 e. The lowest BCUT2D eigenvalue weighted by Crippen LogP contribution is -2.36. The van der Waals surface area contributed by atoms with Gasteiger partial charge >= 0.3 is 0 Å².